The molecule has 2 rings (SSSR count). The van der Waals surface area contributed by atoms with Crippen LogP contribution in [0.3, 0.4) is 0 Å². The zero-order valence-corrected chi connectivity index (χ0v) is 12.4. The third-order valence-electron chi connectivity index (χ3n) is 2.64. The molecule has 1 aromatic heterocycles. The summed E-state index contributed by atoms with van der Waals surface area (Å²) in [4.78, 5) is 12.8. The molecule has 2 aromatic rings. The van der Waals surface area contributed by atoms with Crippen LogP contribution in [0, 0.1) is 0 Å². The summed E-state index contributed by atoms with van der Waals surface area (Å²) >= 11 is 4.61. The van der Waals surface area contributed by atoms with Crippen molar-refractivity contribution in [3.63, 3.8) is 0 Å². The number of anilines is 1. The van der Waals surface area contributed by atoms with Gasteiger partial charge in [-0.1, -0.05) is 0 Å². The molecule has 0 bridgehead atoms. The second kappa shape index (κ2) is 5.57. The lowest BCUT2D eigenvalue weighted by Gasteiger charge is -2.10. The molecule has 2 nitrogen and oxygen atoms in total. The zero-order chi connectivity index (χ0) is 14.9. The number of alkyl halides is 3. The van der Waals surface area contributed by atoms with E-state index in [0.717, 1.165) is 27.5 Å². The summed E-state index contributed by atoms with van der Waals surface area (Å²) in [6.07, 6.45) is -4.46. The Morgan fingerprint density at radius 3 is 2.55 bits per heavy atom. The maximum Gasteiger partial charge on any atom is 0.416 e. The fourth-order valence-electron chi connectivity index (χ4n) is 1.67. The van der Waals surface area contributed by atoms with Gasteiger partial charge < -0.3 is 5.73 Å². The van der Waals surface area contributed by atoms with Crippen molar-refractivity contribution in [2.45, 2.75) is 12.6 Å². The Labute approximate surface area is 125 Å². The van der Waals surface area contributed by atoms with Gasteiger partial charge in [-0.15, -0.1) is 11.3 Å². The van der Waals surface area contributed by atoms with Gasteiger partial charge in [-0.05, 0) is 40.2 Å². The molecule has 106 valence electrons. The Kier molecular flexibility index (Phi) is 4.19. The molecule has 2 N–H and O–H groups in total. The number of hydrogen-bond acceptors (Lipinski definition) is 3. The van der Waals surface area contributed by atoms with Gasteiger partial charge in [0.15, 0.2) is 5.78 Å². The first-order valence-electron chi connectivity index (χ1n) is 5.50. The van der Waals surface area contributed by atoms with Gasteiger partial charge in [0.2, 0.25) is 0 Å². The van der Waals surface area contributed by atoms with E-state index in [2.05, 4.69) is 15.9 Å². The molecule has 0 atom stereocenters. The lowest BCUT2D eigenvalue weighted by Crippen LogP contribution is -2.11. The first-order valence-corrected chi connectivity index (χ1v) is 7.17. The summed E-state index contributed by atoms with van der Waals surface area (Å²) in [6, 6.07) is 4.54. The summed E-state index contributed by atoms with van der Waals surface area (Å²) < 4.78 is 38.7. The summed E-state index contributed by atoms with van der Waals surface area (Å²) in [6.45, 7) is 0. The molecule has 0 amide bonds. The van der Waals surface area contributed by atoms with Gasteiger partial charge >= 0.3 is 6.18 Å². The predicted octanol–water partition coefficient (Wildman–Crippen LogP) is 4.54. The van der Waals surface area contributed by atoms with Gasteiger partial charge in [0.25, 0.3) is 0 Å². The average Bonchev–Trinajstić information content (AvgIpc) is 2.73. The monoisotopic (exact) mass is 363 g/mol. The van der Waals surface area contributed by atoms with E-state index >= 15 is 0 Å². The highest BCUT2D eigenvalue weighted by atomic mass is 79.9. The first-order chi connectivity index (χ1) is 9.27. The first kappa shape index (κ1) is 15.1. The van der Waals surface area contributed by atoms with E-state index in [1.807, 2.05) is 0 Å². The molecule has 0 saturated heterocycles. The molecule has 7 heteroatoms. The fraction of sp³-hybridized carbons (Fsp3) is 0.154. The highest BCUT2D eigenvalue weighted by Gasteiger charge is 2.31. The van der Waals surface area contributed by atoms with Crippen LogP contribution in [0.25, 0.3) is 0 Å². The van der Waals surface area contributed by atoms with Gasteiger partial charge in [-0.2, -0.15) is 13.2 Å². The quantitative estimate of drug-likeness (QED) is 0.642. The molecule has 0 unspecified atom stereocenters. The number of hydrogen-bond donors (Lipinski definition) is 1. The lowest BCUT2D eigenvalue weighted by molar-refractivity contribution is -0.137. The van der Waals surface area contributed by atoms with Crippen molar-refractivity contribution in [1.82, 2.24) is 0 Å². The Balaban J connectivity index is 2.29. The van der Waals surface area contributed by atoms with E-state index in [4.69, 9.17) is 5.73 Å². The zero-order valence-electron chi connectivity index (χ0n) is 10.00. The minimum atomic E-state index is -4.49. The maximum atomic E-state index is 12.6. The van der Waals surface area contributed by atoms with Crippen molar-refractivity contribution in [3.8, 4) is 0 Å². The van der Waals surface area contributed by atoms with Crippen molar-refractivity contribution in [3.05, 3.63) is 50.1 Å². The largest absolute Gasteiger partial charge is 0.416 e. The van der Waals surface area contributed by atoms with Crippen LogP contribution in [0.4, 0.5) is 18.9 Å². The Bertz CT molecular complexity index is 651. The Morgan fingerprint density at radius 2 is 2.00 bits per heavy atom. The van der Waals surface area contributed by atoms with E-state index < -0.39 is 17.5 Å². The number of thiophene rings is 1. The highest BCUT2D eigenvalue weighted by Crippen LogP contribution is 2.32. The van der Waals surface area contributed by atoms with Gasteiger partial charge in [0.05, 0.1) is 5.56 Å². The fourth-order valence-corrected chi connectivity index (χ4v) is 3.12. The van der Waals surface area contributed by atoms with Crippen LogP contribution in [-0.2, 0) is 12.6 Å². The number of carbonyl (C=O) groups is 1. The van der Waals surface area contributed by atoms with Gasteiger partial charge in [0, 0.05) is 32.4 Å². The van der Waals surface area contributed by atoms with Gasteiger partial charge in [-0.25, -0.2) is 0 Å². The SMILES string of the molecule is Nc1ccc(C(F)(F)F)cc1C(=O)Cc1cc(Br)cs1. The van der Waals surface area contributed by atoms with E-state index in [1.165, 1.54) is 11.3 Å². The van der Waals surface area contributed by atoms with Crippen LogP contribution >= 0.6 is 27.3 Å². The number of ketones is 1. The van der Waals surface area contributed by atoms with Crippen LogP contribution in [-0.4, -0.2) is 5.78 Å². The van der Waals surface area contributed by atoms with Crippen LogP contribution in [0.2, 0.25) is 0 Å². The van der Waals surface area contributed by atoms with Crippen molar-refractivity contribution in [2.75, 3.05) is 5.73 Å². The minimum absolute atomic E-state index is 0.0295. The smallest absolute Gasteiger partial charge is 0.398 e. The molecule has 1 aromatic carbocycles. The predicted molar refractivity (Wildman–Crippen MR) is 75.9 cm³/mol. The summed E-state index contributed by atoms with van der Waals surface area (Å²) in [5.74, 6) is -0.428. The topological polar surface area (TPSA) is 43.1 Å². The van der Waals surface area contributed by atoms with Gasteiger partial charge in [-0.3, -0.25) is 4.79 Å². The molecule has 0 spiro atoms. The number of nitrogen functional groups attached to an aromatic ring is 1. The number of rotatable bonds is 3. The highest BCUT2D eigenvalue weighted by molar-refractivity contribution is 9.10. The van der Waals surface area contributed by atoms with Gasteiger partial charge in [0.1, 0.15) is 0 Å². The molecule has 0 saturated carbocycles. The average molecular weight is 364 g/mol. The normalized spacial score (nSPS) is 11.6. The Morgan fingerprint density at radius 1 is 1.30 bits per heavy atom. The third kappa shape index (κ3) is 3.40. The van der Waals surface area contributed by atoms with Crippen LogP contribution in [0.5, 0.6) is 0 Å². The minimum Gasteiger partial charge on any atom is -0.398 e. The van der Waals surface area contributed by atoms with E-state index in [1.54, 1.807) is 11.4 Å². The molecule has 1 heterocycles. The van der Waals surface area contributed by atoms with Crippen molar-refractivity contribution in [2.24, 2.45) is 0 Å². The maximum absolute atomic E-state index is 12.6. The summed E-state index contributed by atoms with van der Waals surface area (Å²) in [5.41, 5.74) is 4.69. The molecule has 0 aliphatic carbocycles. The summed E-state index contributed by atoms with van der Waals surface area (Å²) in [7, 11) is 0. The lowest BCUT2D eigenvalue weighted by atomic mass is 10.0. The van der Waals surface area contributed by atoms with E-state index in [0.29, 0.717) is 0 Å². The molecule has 0 aliphatic rings. The number of nitrogens with two attached hydrogens (primary N) is 1. The van der Waals surface area contributed by atoms with Crippen molar-refractivity contribution in [1.29, 1.82) is 0 Å². The molecule has 0 aliphatic heterocycles. The third-order valence-corrected chi connectivity index (χ3v) is 4.34. The van der Waals surface area contributed by atoms with E-state index in [-0.39, 0.29) is 17.7 Å². The van der Waals surface area contributed by atoms with Crippen molar-refractivity contribution < 1.29 is 18.0 Å². The second-order valence-electron chi connectivity index (χ2n) is 4.13. The van der Waals surface area contributed by atoms with Crippen LogP contribution < -0.4 is 5.73 Å². The summed E-state index contributed by atoms with van der Waals surface area (Å²) in [5, 5.41) is 1.80. The number of halogens is 4. The van der Waals surface area contributed by atoms with Crippen LogP contribution in [0.1, 0.15) is 20.8 Å². The van der Waals surface area contributed by atoms with E-state index in [9.17, 15) is 18.0 Å². The molecule has 0 fully saturated rings. The molecular weight excluding hydrogens is 355 g/mol. The second-order valence-corrected chi connectivity index (χ2v) is 6.04. The standard InChI is InChI=1S/C13H9BrF3NOS/c14-8-4-9(20-6-8)5-12(19)10-3-7(13(15,16)17)1-2-11(10)18/h1-4,6H,5,18H2. The number of benzene rings is 1. The Hall–Kier alpha value is -1.34. The molecular formula is C13H9BrF3NOS. The molecule has 20 heavy (non-hydrogen) atoms. The molecule has 0 radical (unpaired) electrons. The van der Waals surface area contributed by atoms with Crippen molar-refractivity contribution >= 4 is 38.7 Å². The number of Topliss-reactive ketones (excluding diaryl/α,β-unsaturated/α-hetero) is 1. The van der Waals surface area contributed by atoms with Crippen LogP contribution in [0.15, 0.2) is 34.1 Å². The number of carbonyl (C=O) groups excluding carboxylic acids is 1.